The number of rotatable bonds is 7. The van der Waals surface area contributed by atoms with Gasteiger partial charge in [0.25, 0.3) is 0 Å². The van der Waals surface area contributed by atoms with Crippen molar-refractivity contribution < 1.29 is 0 Å². The highest BCUT2D eigenvalue weighted by Gasteiger charge is 2.46. The van der Waals surface area contributed by atoms with E-state index >= 15 is 0 Å². The van der Waals surface area contributed by atoms with Crippen LogP contribution in [0.3, 0.4) is 0 Å². The Balaban J connectivity index is 1.10. The highest BCUT2D eigenvalue weighted by molar-refractivity contribution is 5.90. The van der Waals surface area contributed by atoms with Gasteiger partial charge in [-0.3, -0.25) is 0 Å². The van der Waals surface area contributed by atoms with Crippen molar-refractivity contribution in [3.05, 3.63) is 240 Å². The number of fused-ring (bicyclic) bond motifs is 3. The topological polar surface area (TPSA) is 49.6 Å². The van der Waals surface area contributed by atoms with Gasteiger partial charge in [0.05, 0.1) is 28.4 Å². The van der Waals surface area contributed by atoms with Crippen molar-refractivity contribution in [3.63, 3.8) is 0 Å². The van der Waals surface area contributed by atoms with Crippen molar-refractivity contribution in [2.75, 3.05) is 0 Å². The maximum atomic E-state index is 10.1. The van der Waals surface area contributed by atoms with Crippen LogP contribution >= 0.6 is 0 Å². The molecule has 1 aliphatic carbocycles. The van der Waals surface area contributed by atoms with Gasteiger partial charge in [0.15, 0.2) is 5.82 Å². The first-order valence-corrected chi connectivity index (χ1v) is 19.2. The first kappa shape index (κ1) is 33.9. The van der Waals surface area contributed by atoms with Gasteiger partial charge in [-0.15, -0.1) is 0 Å². The molecule has 0 N–H and O–H groups in total. The number of nitrogens with zero attached hydrogens (tertiary/aromatic N) is 3. The van der Waals surface area contributed by atoms with Crippen LogP contribution in [0.1, 0.15) is 27.8 Å². The van der Waals surface area contributed by atoms with Gasteiger partial charge in [-0.05, 0) is 86.0 Å². The van der Waals surface area contributed by atoms with Gasteiger partial charge in [-0.25, -0.2) is 9.97 Å². The van der Waals surface area contributed by atoms with E-state index in [9.17, 15) is 5.26 Å². The Bertz CT molecular complexity index is 2890. The lowest BCUT2D eigenvalue weighted by molar-refractivity contribution is 0.768. The van der Waals surface area contributed by atoms with Gasteiger partial charge in [0, 0.05) is 16.7 Å². The first-order chi connectivity index (χ1) is 28.2. The molecular weight excluding hydrogens is 691 g/mol. The van der Waals surface area contributed by atoms with Crippen LogP contribution in [-0.2, 0) is 5.41 Å². The molecule has 1 aliphatic rings. The van der Waals surface area contributed by atoms with Crippen LogP contribution in [0.25, 0.3) is 67.3 Å². The fraction of sp³-hybridized carbons (Fsp3) is 0.0185. The predicted octanol–water partition coefficient (Wildman–Crippen LogP) is 13.0. The molecule has 0 fully saturated rings. The number of nitriles is 1. The van der Waals surface area contributed by atoms with Gasteiger partial charge in [-0.2, -0.15) is 5.26 Å². The molecule has 0 spiro atoms. The van der Waals surface area contributed by atoms with E-state index in [4.69, 9.17) is 9.97 Å². The summed E-state index contributed by atoms with van der Waals surface area (Å²) in [5.74, 6) is 0.685. The minimum absolute atomic E-state index is 0.578. The fourth-order valence-corrected chi connectivity index (χ4v) is 8.52. The summed E-state index contributed by atoms with van der Waals surface area (Å²) < 4.78 is 0. The van der Waals surface area contributed by atoms with Crippen molar-refractivity contribution >= 4 is 0 Å². The molecule has 3 heteroatoms. The number of aromatic nitrogens is 2. The number of hydrogen-bond acceptors (Lipinski definition) is 3. The second-order valence-corrected chi connectivity index (χ2v) is 14.5. The lowest BCUT2D eigenvalue weighted by Gasteiger charge is -2.34. The van der Waals surface area contributed by atoms with E-state index in [1.54, 1.807) is 0 Å². The largest absolute Gasteiger partial charge is 0.228 e. The minimum Gasteiger partial charge on any atom is -0.228 e. The molecule has 0 amide bonds. The molecule has 0 saturated carbocycles. The second-order valence-electron chi connectivity index (χ2n) is 14.5. The summed E-state index contributed by atoms with van der Waals surface area (Å²) in [7, 11) is 0. The third-order valence-electron chi connectivity index (χ3n) is 11.2. The van der Waals surface area contributed by atoms with E-state index in [0.717, 1.165) is 55.9 Å². The van der Waals surface area contributed by atoms with Crippen LogP contribution in [0.4, 0.5) is 0 Å². The summed E-state index contributed by atoms with van der Waals surface area (Å²) in [5, 5.41) is 10.1. The van der Waals surface area contributed by atoms with E-state index in [-0.39, 0.29) is 0 Å². The zero-order chi connectivity index (χ0) is 38.2. The van der Waals surface area contributed by atoms with E-state index in [1.807, 2.05) is 30.3 Å². The Hall–Kier alpha value is -7.67. The van der Waals surface area contributed by atoms with Crippen molar-refractivity contribution in [1.29, 1.82) is 5.26 Å². The molecule has 1 heterocycles. The maximum Gasteiger partial charge on any atom is 0.160 e. The summed E-state index contributed by atoms with van der Waals surface area (Å²) in [6, 6.07) is 76.8. The van der Waals surface area contributed by atoms with Gasteiger partial charge in [0.2, 0.25) is 0 Å². The molecule has 1 aromatic heterocycles. The van der Waals surface area contributed by atoms with Crippen molar-refractivity contribution in [3.8, 4) is 73.4 Å². The van der Waals surface area contributed by atoms with E-state index in [1.165, 1.54) is 27.8 Å². The second kappa shape index (κ2) is 14.2. The number of benzene rings is 8. The highest BCUT2D eigenvalue weighted by atomic mass is 14.9. The molecule has 0 aliphatic heterocycles. The van der Waals surface area contributed by atoms with E-state index < -0.39 is 5.41 Å². The summed E-state index contributed by atoms with van der Waals surface area (Å²) >= 11 is 0. The zero-order valence-corrected chi connectivity index (χ0v) is 31.0. The average Bonchev–Trinajstić information content (AvgIpc) is 3.59. The zero-order valence-electron chi connectivity index (χ0n) is 31.0. The molecular formula is C54H35N3. The Morgan fingerprint density at radius 2 is 0.860 bits per heavy atom. The van der Waals surface area contributed by atoms with Crippen LogP contribution in [0.5, 0.6) is 0 Å². The van der Waals surface area contributed by atoms with Crippen molar-refractivity contribution in [1.82, 2.24) is 9.97 Å². The molecule has 3 nitrogen and oxygen atoms in total. The normalized spacial score (nSPS) is 12.3. The van der Waals surface area contributed by atoms with Crippen LogP contribution < -0.4 is 0 Å². The molecule has 0 saturated heterocycles. The lowest BCUT2D eigenvalue weighted by Crippen LogP contribution is -2.28. The molecule has 9 aromatic rings. The Morgan fingerprint density at radius 3 is 1.51 bits per heavy atom. The Labute approximate surface area is 332 Å². The maximum absolute atomic E-state index is 10.1. The first-order valence-electron chi connectivity index (χ1n) is 19.2. The third-order valence-corrected chi connectivity index (χ3v) is 11.2. The molecule has 0 bridgehead atoms. The van der Waals surface area contributed by atoms with Crippen LogP contribution in [0.2, 0.25) is 0 Å². The van der Waals surface area contributed by atoms with Gasteiger partial charge in [0.1, 0.15) is 0 Å². The number of hydrogen-bond donors (Lipinski definition) is 0. The summed E-state index contributed by atoms with van der Waals surface area (Å²) in [6.45, 7) is 0. The quantitative estimate of drug-likeness (QED) is 0.164. The molecule has 266 valence electrons. The molecule has 8 aromatic carbocycles. The van der Waals surface area contributed by atoms with Gasteiger partial charge < -0.3 is 0 Å². The van der Waals surface area contributed by atoms with Crippen LogP contribution in [-0.4, -0.2) is 9.97 Å². The average molecular weight is 726 g/mol. The molecule has 0 radical (unpaired) electrons. The molecule has 57 heavy (non-hydrogen) atoms. The predicted molar refractivity (Wildman–Crippen MR) is 231 cm³/mol. The highest BCUT2D eigenvalue weighted by Crippen LogP contribution is 2.57. The summed E-state index contributed by atoms with van der Waals surface area (Å²) in [6.07, 6.45) is 0. The monoisotopic (exact) mass is 725 g/mol. The molecule has 0 atom stereocenters. The van der Waals surface area contributed by atoms with Gasteiger partial charge >= 0.3 is 0 Å². The molecule has 10 rings (SSSR count). The Morgan fingerprint density at radius 1 is 0.351 bits per heavy atom. The SMILES string of the molecule is N#Cc1ccc2c(c1)C(c1ccccc1)(c1ccccc1)c1ccc(-c3cccc(-c4cc(-c5ccc(-c6ccccc6)cc5)nc(-c5ccccc5)n4)c3)cc1-2. The Kier molecular flexibility index (Phi) is 8.43. The summed E-state index contributed by atoms with van der Waals surface area (Å²) in [5.41, 5.74) is 16.3. The van der Waals surface area contributed by atoms with Crippen LogP contribution in [0.15, 0.2) is 212 Å². The third kappa shape index (κ3) is 5.92. The van der Waals surface area contributed by atoms with E-state index in [0.29, 0.717) is 11.4 Å². The van der Waals surface area contributed by atoms with Crippen molar-refractivity contribution in [2.24, 2.45) is 0 Å². The lowest BCUT2D eigenvalue weighted by atomic mass is 9.67. The standard InChI is InChI=1S/C54H35N3/c55-36-37-24-30-47-48-34-43(29-31-49(48)54(50(47)32-37,45-20-9-3-10-21-45)46-22-11-4-12-23-46)42-18-13-19-44(33-42)52-35-51(56-53(57-52)41-16-7-2-8-17-41)40-27-25-39(26-28-40)38-14-5-1-6-15-38/h1-35H. The van der Waals surface area contributed by atoms with Crippen LogP contribution in [0, 0.1) is 11.3 Å². The van der Waals surface area contributed by atoms with Gasteiger partial charge in [-0.1, -0.05) is 182 Å². The van der Waals surface area contributed by atoms with Crippen molar-refractivity contribution in [2.45, 2.75) is 5.41 Å². The fourth-order valence-electron chi connectivity index (χ4n) is 8.52. The van der Waals surface area contributed by atoms with E-state index in [2.05, 4.69) is 188 Å². The summed E-state index contributed by atoms with van der Waals surface area (Å²) in [4.78, 5) is 10.2. The smallest absolute Gasteiger partial charge is 0.160 e. The minimum atomic E-state index is -0.578. The molecule has 0 unspecified atom stereocenters.